The number of guanidine groups is 1. The zero-order valence-electron chi connectivity index (χ0n) is 13.1. The largest absolute Gasteiger partial charge is 0.370 e. The lowest BCUT2D eigenvalue weighted by atomic mass is 9.88. The third kappa shape index (κ3) is 2.92. The summed E-state index contributed by atoms with van der Waals surface area (Å²) in [5.74, 6) is 1.64. The molecule has 1 heterocycles. The molecule has 3 heteroatoms. The molecule has 2 atom stereocenters. The summed E-state index contributed by atoms with van der Waals surface area (Å²) in [5, 5.41) is 0. The summed E-state index contributed by atoms with van der Waals surface area (Å²) in [7, 11) is 0. The van der Waals surface area contributed by atoms with Crippen molar-refractivity contribution in [2.75, 3.05) is 6.54 Å². The number of rotatable bonds is 3. The number of nitrogens with two attached hydrogens (primary N) is 1. The molecule has 2 aliphatic rings. The van der Waals surface area contributed by atoms with Gasteiger partial charge in [-0.1, -0.05) is 56.5 Å². The van der Waals surface area contributed by atoms with Gasteiger partial charge in [-0.3, -0.25) is 4.99 Å². The van der Waals surface area contributed by atoms with Crippen LogP contribution in [0.5, 0.6) is 0 Å². The second kappa shape index (κ2) is 6.08. The Morgan fingerprint density at radius 3 is 2.81 bits per heavy atom. The zero-order valence-corrected chi connectivity index (χ0v) is 13.1. The van der Waals surface area contributed by atoms with Gasteiger partial charge >= 0.3 is 0 Å². The molecular formula is C18H27N3. The van der Waals surface area contributed by atoms with Gasteiger partial charge in [0.2, 0.25) is 0 Å². The van der Waals surface area contributed by atoms with Crippen molar-refractivity contribution < 1.29 is 0 Å². The Bertz CT molecular complexity index is 496. The van der Waals surface area contributed by atoms with E-state index in [2.05, 4.69) is 47.1 Å². The van der Waals surface area contributed by atoms with Crippen LogP contribution >= 0.6 is 0 Å². The molecule has 1 spiro atoms. The Balaban J connectivity index is 1.78. The summed E-state index contributed by atoms with van der Waals surface area (Å²) in [5.41, 5.74) is 7.74. The van der Waals surface area contributed by atoms with Crippen molar-refractivity contribution in [2.24, 2.45) is 16.6 Å². The summed E-state index contributed by atoms with van der Waals surface area (Å²) in [6, 6.07) is 10.6. The molecule has 1 aromatic carbocycles. The SMILES string of the molecule is CCC1CCCC2(CC1)CN=C(N)N2Cc1ccccc1. The average molecular weight is 285 g/mol. The maximum atomic E-state index is 6.23. The van der Waals surface area contributed by atoms with E-state index < -0.39 is 0 Å². The molecule has 2 N–H and O–H groups in total. The molecule has 1 aromatic rings. The van der Waals surface area contributed by atoms with Gasteiger partial charge in [0.25, 0.3) is 0 Å². The maximum absolute atomic E-state index is 6.23. The lowest BCUT2D eigenvalue weighted by Gasteiger charge is -2.39. The van der Waals surface area contributed by atoms with E-state index in [-0.39, 0.29) is 5.54 Å². The van der Waals surface area contributed by atoms with Crippen molar-refractivity contribution in [3.63, 3.8) is 0 Å². The topological polar surface area (TPSA) is 41.6 Å². The molecule has 1 aliphatic heterocycles. The molecule has 1 aliphatic carbocycles. The lowest BCUT2D eigenvalue weighted by Crippen LogP contribution is -2.50. The molecule has 0 aromatic heterocycles. The van der Waals surface area contributed by atoms with Crippen LogP contribution in [0.25, 0.3) is 0 Å². The minimum atomic E-state index is 0.184. The third-order valence-corrected chi connectivity index (χ3v) is 5.42. The molecule has 21 heavy (non-hydrogen) atoms. The van der Waals surface area contributed by atoms with E-state index in [4.69, 9.17) is 5.73 Å². The number of benzene rings is 1. The van der Waals surface area contributed by atoms with E-state index in [9.17, 15) is 0 Å². The molecule has 1 saturated carbocycles. The fourth-order valence-electron chi connectivity index (χ4n) is 3.95. The van der Waals surface area contributed by atoms with Gasteiger partial charge in [-0.15, -0.1) is 0 Å². The van der Waals surface area contributed by atoms with Crippen molar-refractivity contribution >= 4 is 5.96 Å². The molecule has 3 nitrogen and oxygen atoms in total. The summed E-state index contributed by atoms with van der Waals surface area (Å²) >= 11 is 0. The van der Waals surface area contributed by atoms with Crippen LogP contribution in [0.15, 0.2) is 35.3 Å². The molecule has 3 rings (SSSR count). The number of hydrogen-bond acceptors (Lipinski definition) is 3. The van der Waals surface area contributed by atoms with Gasteiger partial charge in [-0.25, -0.2) is 0 Å². The fourth-order valence-corrected chi connectivity index (χ4v) is 3.95. The van der Waals surface area contributed by atoms with Gasteiger partial charge in [-0.2, -0.15) is 0 Å². The normalized spacial score (nSPS) is 29.5. The average Bonchev–Trinajstić information content (AvgIpc) is 2.71. The van der Waals surface area contributed by atoms with E-state index in [1.807, 2.05) is 0 Å². The van der Waals surface area contributed by atoms with Gasteiger partial charge in [0.05, 0.1) is 12.1 Å². The summed E-state index contributed by atoms with van der Waals surface area (Å²) in [4.78, 5) is 6.99. The summed E-state index contributed by atoms with van der Waals surface area (Å²) < 4.78 is 0. The number of nitrogens with zero attached hydrogens (tertiary/aromatic N) is 2. The quantitative estimate of drug-likeness (QED) is 0.923. The van der Waals surface area contributed by atoms with Crippen LogP contribution in [0.2, 0.25) is 0 Å². The van der Waals surface area contributed by atoms with Crippen LogP contribution in [0, 0.1) is 5.92 Å². The first-order valence-electron chi connectivity index (χ1n) is 8.35. The van der Waals surface area contributed by atoms with Crippen LogP contribution < -0.4 is 5.73 Å². The molecule has 0 saturated heterocycles. The highest BCUT2D eigenvalue weighted by Crippen LogP contribution is 2.39. The third-order valence-electron chi connectivity index (χ3n) is 5.42. The van der Waals surface area contributed by atoms with E-state index in [1.165, 1.54) is 44.1 Å². The Morgan fingerprint density at radius 1 is 1.24 bits per heavy atom. The van der Waals surface area contributed by atoms with E-state index in [0.29, 0.717) is 0 Å². The molecule has 1 fully saturated rings. The molecule has 0 radical (unpaired) electrons. The standard InChI is InChI=1S/C18H27N3/c1-2-15-9-6-11-18(12-10-15)14-20-17(19)21(18)13-16-7-4-3-5-8-16/h3-5,7-8,15H,2,6,9-14H2,1H3,(H2,19,20). The molecule has 114 valence electrons. The first kappa shape index (κ1) is 14.4. The monoisotopic (exact) mass is 285 g/mol. The smallest absolute Gasteiger partial charge is 0.192 e. The van der Waals surface area contributed by atoms with Gasteiger partial charge in [0.15, 0.2) is 5.96 Å². The minimum Gasteiger partial charge on any atom is -0.370 e. The molecule has 0 amide bonds. The molecule has 0 bridgehead atoms. The fraction of sp³-hybridized carbons (Fsp3) is 0.611. The Kier molecular flexibility index (Phi) is 4.18. The van der Waals surface area contributed by atoms with Gasteiger partial charge in [0.1, 0.15) is 0 Å². The van der Waals surface area contributed by atoms with Crippen molar-refractivity contribution in [3.8, 4) is 0 Å². The van der Waals surface area contributed by atoms with Gasteiger partial charge in [-0.05, 0) is 30.7 Å². The van der Waals surface area contributed by atoms with Gasteiger partial charge < -0.3 is 10.6 Å². The highest BCUT2D eigenvalue weighted by Gasteiger charge is 2.42. The number of hydrogen-bond donors (Lipinski definition) is 1. The second-order valence-electron chi connectivity index (χ2n) is 6.68. The van der Waals surface area contributed by atoms with E-state index >= 15 is 0 Å². The van der Waals surface area contributed by atoms with Crippen LogP contribution in [0.1, 0.15) is 51.0 Å². The molecule has 2 unspecified atom stereocenters. The second-order valence-corrected chi connectivity index (χ2v) is 6.68. The molecular weight excluding hydrogens is 258 g/mol. The van der Waals surface area contributed by atoms with Crippen molar-refractivity contribution in [2.45, 2.75) is 57.5 Å². The Morgan fingerprint density at radius 2 is 2.05 bits per heavy atom. The predicted octanol–water partition coefficient (Wildman–Crippen LogP) is 3.55. The van der Waals surface area contributed by atoms with E-state index in [1.54, 1.807) is 0 Å². The highest BCUT2D eigenvalue weighted by atomic mass is 15.4. The van der Waals surface area contributed by atoms with Crippen molar-refractivity contribution in [3.05, 3.63) is 35.9 Å². The minimum absolute atomic E-state index is 0.184. The van der Waals surface area contributed by atoms with Crippen LogP contribution in [-0.4, -0.2) is 22.9 Å². The van der Waals surface area contributed by atoms with Crippen LogP contribution in [0.3, 0.4) is 0 Å². The van der Waals surface area contributed by atoms with Gasteiger partial charge in [0, 0.05) is 6.54 Å². The van der Waals surface area contributed by atoms with Crippen LogP contribution in [-0.2, 0) is 6.54 Å². The predicted molar refractivity (Wildman–Crippen MR) is 88.1 cm³/mol. The van der Waals surface area contributed by atoms with Crippen LogP contribution in [0.4, 0.5) is 0 Å². The van der Waals surface area contributed by atoms with Crippen molar-refractivity contribution in [1.29, 1.82) is 0 Å². The van der Waals surface area contributed by atoms with E-state index in [0.717, 1.165) is 25.0 Å². The lowest BCUT2D eigenvalue weighted by molar-refractivity contribution is 0.166. The first-order chi connectivity index (χ1) is 10.2. The number of aliphatic imine (C=N–C) groups is 1. The Hall–Kier alpha value is -1.51. The zero-order chi connectivity index (χ0) is 14.7. The maximum Gasteiger partial charge on any atom is 0.192 e. The highest BCUT2D eigenvalue weighted by molar-refractivity contribution is 5.81. The summed E-state index contributed by atoms with van der Waals surface area (Å²) in [6.45, 7) is 4.11. The first-order valence-corrected chi connectivity index (χ1v) is 8.35. The summed E-state index contributed by atoms with van der Waals surface area (Å²) in [6.07, 6.45) is 7.79. The Labute approximate surface area is 128 Å². The van der Waals surface area contributed by atoms with Crippen molar-refractivity contribution in [1.82, 2.24) is 4.90 Å².